The Morgan fingerprint density at radius 2 is 1.93 bits per heavy atom. The standard InChI is InChI=1S/C10H21N3O/c11-12-10(14)6-2-5-9-13-7-3-1-4-8-13/h1-9,11H2,(H,12,14). The monoisotopic (exact) mass is 199 g/mol. The summed E-state index contributed by atoms with van der Waals surface area (Å²) >= 11 is 0. The van der Waals surface area contributed by atoms with E-state index in [4.69, 9.17) is 5.84 Å². The predicted octanol–water partition coefficient (Wildman–Crippen LogP) is 0.632. The van der Waals surface area contributed by atoms with Crippen molar-refractivity contribution in [2.24, 2.45) is 5.84 Å². The number of nitrogens with zero attached hydrogens (tertiary/aromatic N) is 1. The normalized spacial score (nSPS) is 18.1. The molecule has 0 unspecified atom stereocenters. The van der Waals surface area contributed by atoms with Crippen LogP contribution in [0.4, 0.5) is 0 Å². The van der Waals surface area contributed by atoms with E-state index in [9.17, 15) is 4.79 Å². The summed E-state index contributed by atoms with van der Waals surface area (Å²) in [5.74, 6) is 4.93. The average Bonchev–Trinajstić information content (AvgIpc) is 2.25. The molecule has 0 aliphatic carbocycles. The number of nitrogens with one attached hydrogen (secondary N) is 1. The minimum Gasteiger partial charge on any atom is -0.303 e. The molecular weight excluding hydrogens is 178 g/mol. The maximum atomic E-state index is 10.8. The van der Waals surface area contributed by atoms with Crippen molar-refractivity contribution in [1.82, 2.24) is 10.3 Å². The van der Waals surface area contributed by atoms with Gasteiger partial charge in [-0.05, 0) is 45.3 Å². The Hall–Kier alpha value is -0.610. The first-order valence-corrected chi connectivity index (χ1v) is 5.55. The second-order valence-corrected chi connectivity index (χ2v) is 3.93. The molecular formula is C10H21N3O. The molecule has 1 aliphatic heterocycles. The molecule has 0 aromatic rings. The molecule has 0 aromatic heterocycles. The first-order valence-electron chi connectivity index (χ1n) is 5.55. The fraction of sp³-hybridized carbons (Fsp3) is 0.900. The molecule has 1 amide bonds. The minimum atomic E-state index is -0.0522. The minimum absolute atomic E-state index is 0.0522. The van der Waals surface area contributed by atoms with Gasteiger partial charge >= 0.3 is 0 Å². The average molecular weight is 199 g/mol. The van der Waals surface area contributed by atoms with Crippen molar-refractivity contribution in [3.8, 4) is 0 Å². The van der Waals surface area contributed by atoms with Crippen molar-refractivity contribution in [3.05, 3.63) is 0 Å². The summed E-state index contributed by atoms with van der Waals surface area (Å²) in [6.07, 6.45) is 6.66. The van der Waals surface area contributed by atoms with Crippen LogP contribution in [0.3, 0.4) is 0 Å². The van der Waals surface area contributed by atoms with Gasteiger partial charge in [0.2, 0.25) is 5.91 Å². The number of hydrogen-bond acceptors (Lipinski definition) is 3. The highest BCUT2D eigenvalue weighted by molar-refractivity contribution is 5.74. The van der Waals surface area contributed by atoms with Gasteiger partial charge in [0, 0.05) is 6.42 Å². The van der Waals surface area contributed by atoms with Gasteiger partial charge in [-0.15, -0.1) is 0 Å². The zero-order valence-corrected chi connectivity index (χ0v) is 8.80. The van der Waals surface area contributed by atoms with E-state index in [0.29, 0.717) is 6.42 Å². The predicted molar refractivity (Wildman–Crippen MR) is 56.5 cm³/mol. The molecule has 1 aliphatic rings. The van der Waals surface area contributed by atoms with Crippen molar-refractivity contribution < 1.29 is 4.79 Å². The summed E-state index contributed by atoms with van der Waals surface area (Å²) in [4.78, 5) is 13.3. The van der Waals surface area contributed by atoms with Gasteiger partial charge in [-0.2, -0.15) is 0 Å². The molecule has 82 valence electrons. The summed E-state index contributed by atoms with van der Waals surface area (Å²) < 4.78 is 0. The van der Waals surface area contributed by atoms with Crippen LogP contribution in [0.1, 0.15) is 38.5 Å². The number of rotatable bonds is 5. The van der Waals surface area contributed by atoms with Crippen LogP contribution in [0.2, 0.25) is 0 Å². The summed E-state index contributed by atoms with van der Waals surface area (Å²) in [5, 5.41) is 0. The zero-order valence-electron chi connectivity index (χ0n) is 8.80. The van der Waals surface area contributed by atoms with Crippen molar-refractivity contribution in [2.45, 2.75) is 38.5 Å². The number of carbonyl (C=O) groups excluding carboxylic acids is 1. The molecule has 0 saturated carbocycles. The molecule has 1 rings (SSSR count). The third-order valence-corrected chi connectivity index (χ3v) is 2.74. The van der Waals surface area contributed by atoms with Crippen molar-refractivity contribution >= 4 is 5.91 Å². The number of amides is 1. The van der Waals surface area contributed by atoms with Crippen LogP contribution >= 0.6 is 0 Å². The largest absolute Gasteiger partial charge is 0.303 e. The Morgan fingerprint density at radius 1 is 1.21 bits per heavy atom. The maximum absolute atomic E-state index is 10.8. The van der Waals surface area contributed by atoms with Crippen LogP contribution in [0, 0.1) is 0 Å². The number of piperidine rings is 1. The molecule has 1 heterocycles. The molecule has 1 saturated heterocycles. The Balaban J connectivity index is 1.94. The summed E-state index contributed by atoms with van der Waals surface area (Å²) in [5.41, 5.74) is 2.15. The lowest BCUT2D eigenvalue weighted by Crippen LogP contribution is -2.31. The topological polar surface area (TPSA) is 58.4 Å². The van der Waals surface area contributed by atoms with Gasteiger partial charge in [0.15, 0.2) is 0 Å². The number of hydrazine groups is 1. The zero-order chi connectivity index (χ0) is 10.2. The van der Waals surface area contributed by atoms with Crippen LogP contribution < -0.4 is 11.3 Å². The maximum Gasteiger partial charge on any atom is 0.233 e. The molecule has 0 atom stereocenters. The lowest BCUT2D eigenvalue weighted by atomic mass is 10.1. The molecule has 0 spiro atoms. The van der Waals surface area contributed by atoms with E-state index in [-0.39, 0.29) is 5.91 Å². The first kappa shape index (κ1) is 11.5. The van der Waals surface area contributed by atoms with Gasteiger partial charge in [0.25, 0.3) is 0 Å². The van der Waals surface area contributed by atoms with Crippen LogP contribution in [0.15, 0.2) is 0 Å². The second kappa shape index (κ2) is 6.79. The Kier molecular flexibility index (Phi) is 5.56. The van der Waals surface area contributed by atoms with Crippen LogP contribution in [0.25, 0.3) is 0 Å². The number of carbonyl (C=O) groups is 1. The van der Waals surface area contributed by atoms with Gasteiger partial charge < -0.3 is 4.90 Å². The number of likely N-dealkylation sites (tertiary alicyclic amines) is 1. The molecule has 1 fully saturated rings. The number of hydrogen-bond donors (Lipinski definition) is 2. The summed E-state index contributed by atoms with van der Waals surface area (Å²) in [6.45, 7) is 3.62. The van der Waals surface area contributed by atoms with Crippen LogP contribution in [-0.4, -0.2) is 30.4 Å². The lowest BCUT2D eigenvalue weighted by molar-refractivity contribution is -0.121. The SMILES string of the molecule is NNC(=O)CCCCN1CCCCC1. The van der Waals surface area contributed by atoms with E-state index >= 15 is 0 Å². The Morgan fingerprint density at radius 3 is 2.57 bits per heavy atom. The summed E-state index contributed by atoms with van der Waals surface area (Å²) in [7, 11) is 0. The van der Waals surface area contributed by atoms with Crippen LogP contribution in [0.5, 0.6) is 0 Å². The van der Waals surface area contributed by atoms with Gasteiger partial charge in [0.05, 0.1) is 0 Å². The molecule has 0 bridgehead atoms. The third kappa shape index (κ3) is 4.58. The highest BCUT2D eigenvalue weighted by Gasteiger charge is 2.09. The van der Waals surface area contributed by atoms with E-state index in [1.54, 1.807) is 0 Å². The van der Waals surface area contributed by atoms with Gasteiger partial charge in [-0.1, -0.05) is 6.42 Å². The number of nitrogens with two attached hydrogens (primary N) is 1. The molecule has 0 radical (unpaired) electrons. The van der Waals surface area contributed by atoms with Crippen molar-refractivity contribution in [1.29, 1.82) is 0 Å². The van der Waals surface area contributed by atoms with Gasteiger partial charge in [0.1, 0.15) is 0 Å². The van der Waals surface area contributed by atoms with E-state index in [1.807, 2.05) is 0 Å². The van der Waals surface area contributed by atoms with Gasteiger partial charge in [-0.3, -0.25) is 10.2 Å². The molecule has 4 heteroatoms. The Bertz CT molecular complexity index is 167. The first-order chi connectivity index (χ1) is 6.83. The van der Waals surface area contributed by atoms with Gasteiger partial charge in [-0.25, -0.2) is 5.84 Å². The highest BCUT2D eigenvalue weighted by atomic mass is 16.2. The fourth-order valence-electron chi connectivity index (χ4n) is 1.88. The van der Waals surface area contributed by atoms with Crippen molar-refractivity contribution in [3.63, 3.8) is 0 Å². The molecule has 4 nitrogen and oxygen atoms in total. The van der Waals surface area contributed by atoms with Crippen molar-refractivity contribution in [2.75, 3.05) is 19.6 Å². The molecule has 14 heavy (non-hydrogen) atoms. The molecule has 0 aromatic carbocycles. The van der Waals surface area contributed by atoms with E-state index < -0.39 is 0 Å². The van der Waals surface area contributed by atoms with E-state index in [0.717, 1.165) is 19.4 Å². The summed E-state index contributed by atoms with van der Waals surface area (Å²) in [6, 6.07) is 0. The fourth-order valence-corrected chi connectivity index (χ4v) is 1.88. The van der Waals surface area contributed by atoms with E-state index in [1.165, 1.54) is 32.4 Å². The Labute approximate surface area is 85.8 Å². The quantitative estimate of drug-likeness (QED) is 0.295. The van der Waals surface area contributed by atoms with E-state index in [2.05, 4.69) is 10.3 Å². The third-order valence-electron chi connectivity index (χ3n) is 2.74. The smallest absolute Gasteiger partial charge is 0.233 e. The second-order valence-electron chi connectivity index (χ2n) is 3.93. The lowest BCUT2D eigenvalue weighted by Gasteiger charge is -2.26. The molecule has 3 N–H and O–H groups in total. The van der Waals surface area contributed by atoms with Crippen LogP contribution in [-0.2, 0) is 4.79 Å². The highest BCUT2D eigenvalue weighted by Crippen LogP contribution is 2.09. The number of unbranched alkanes of at least 4 members (excludes halogenated alkanes) is 1.